The average molecular weight is 193 g/mol. The molecule has 0 radical (unpaired) electrons. The van der Waals surface area contributed by atoms with E-state index in [-0.39, 0.29) is 11.7 Å². The predicted molar refractivity (Wildman–Crippen MR) is 54.7 cm³/mol. The van der Waals surface area contributed by atoms with E-state index in [0.717, 1.165) is 11.6 Å². The van der Waals surface area contributed by atoms with Crippen LogP contribution in [-0.4, -0.2) is 5.91 Å². The zero-order valence-corrected chi connectivity index (χ0v) is 8.23. The normalized spacial score (nSPS) is 9.64. The molecule has 0 heterocycles. The molecule has 0 aliphatic carbocycles. The number of carbonyl (C=O) groups excluding carboxylic acids is 1. The molecule has 1 aromatic carbocycles. The molecule has 0 aliphatic heterocycles. The predicted octanol–water partition coefficient (Wildman–Crippen LogP) is 2.57. The highest BCUT2D eigenvalue weighted by Crippen LogP contribution is 2.22. The smallest absolute Gasteiger partial charge is 0.247 e. The lowest BCUT2D eigenvalue weighted by molar-refractivity contribution is -0.111. The second-order valence-electron chi connectivity index (χ2n) is 3.06. The van der Waals surface area contributed by atoms with Crippen LogP contribution < -0.4 is 5.32 Å². The van der Waals surface area contributed by atoms with Crippen LogP contribution in [0.5, 0.6) is 0 Å². The van der Waals surface area contributed by atoms with Crippen LogP contribution in [0.1, 0.15) is 11.1 Å². The third-order valence-electron chi connectivity index (χ3n) is 2.04. The summed E-state index contributed by atoms with van der Waals surface area (Å²) in [4.78, 5) is 11.0. The summed E-state index contributed by atoms with van der Waals surface area (Å²) >= 11 is 0. The van der Waals surface area contributed by atoms with Crippen molar-refractivity contribution in [3.63, 3.8) is 0 Å². The van der Waals surface area contributed by atoms with Crippen LogP contribution >= 0.6 is 0 Å². The number of carbonyl (C=O) groups is 1. The zero-order chi connectivity index (χ0) is 10.7. The maximum absolute atomic E-state index is 13.1. The first-order valence-corrected chi connectivity index (χ1v) is 4.25. The maximum atomic E-state index is 13.1. The first-order valence-electron chi connectivity index (χ1n) is 4.25. The molecule has 0 unspecified atom stereocenters. The lowest BCUT2D eigenvalue weighted by atomic mass is 10.1. The molecule has 74 valence electrons. The molecule has 0 atom stereocenters. The Labute approximate surface area is 82.4 Å². The van der Waals surface area contributed by atoms with Crippen molar-refractivity contribution in [3.8, 4) is 0 Å². The summed E-state index contributed by atoms with van der Waals surface area (Å²) in [5.74, 6) is -0.656. The van der Waals surface area contributed by atoms with Crippen molar-refractivity contribution in [3.05, 3.63) is 41.7 Å². The molecule has 2 nitrogen and oxygen atoms in total. The highest BCUT2D eigenvalue weighted by Gasteiger charge is 2.08. The Balaban J connectivity index is 3.12. The van der Waals surface area contributed by atoms with Crippen molar-refractivity contribution < 1.29 is 9.18 Å². The lowest BCUT2D eigenvalue weighted by Gasteiger charge is -2.10. The largest absolute Gasteiger partial charge is 0.322 e. The van der Waals surface area contributed by atoms with E-state index in [2.05, 4.69) is 11.9 Å². The van der Waals surface area contributed by atoms with E-state index in [9.17, 15) is 9.18 Å². The Morgan fingerprint density at radius 3 is 2.71 bits per heavy atom. The summed E-state index contributed by atoms with van der Waals surface area (Å²) in [6.45, 7) is 6.77. The van der Waals surface area contributed by atoms with Gasteiger partial charge in [0.15, 0.2) is 0 Å². The molecule has 14 heavy (non-hydrogen) atoms. The van der Waals surface area contributed by atoms with Gasteiger partial charge in [0.05, 0.1) is 0 Å². The Morgan fingerprint density at radius 1 is 1.50 bits per heavy atom. The average Bonchev–Trinajstić information content (AvgIpc) is 2.18. The quantitative estimate of drug-likeness (QED) is 0.718. The molecule has 0 aliphatic rings. The fourth-order valence-electron chi connectivity index (χ4n) is 1.19. The maximum Gasteiger partial charge on any atom is 0.247 e. The molecular formula is C11H12FNO. The number of halogens is 1. The van der Waals surface area contributed by atoms with E-state index >= 15 is 0 Å². The number of hydrogen-bond donors (Lipinski definition) is 1. The van der Waals surface area contributed by atoms with Crippen LogP contribution in [-0.2, 0) is 4.79 Å². The third kappa shape index (κ3) is 1.99. The summed E-state index contributed by atoms with van der Waals surface area (Å²) in [6, 6.07) is 3.01. The standard InChI is InChI=1S/C11H12FNO/c1-4-10(14)13-11-7(2)5-6-9(12)8(11)3/h4-6H,1H2,2-3H3,(H,13,14). The van der Waals surface area contributed by atoms with Gasteiger partial charge in [-0.05, 0) is 31.6 Å². The number of aryl methyl sites for hydroxylation is 1. The van der Waals surface area contributed by atoms with Crippen molar-refractivity contribution in [2.75, 3.05) is 5.32 Å². The van der Waals surface area contributed by atoms with Crippen LogP contribution in [0.25, 0.3) is 0 Å². The van der Waals surface area contributed by atoms with Gasteiger partial charge >= 0.3 is 0 Å². The zero-order valence-electron chi connectivity index (χ0n) is 8.23. The first-order chi connectivity index (χ1) is 6.56. The van der Waals surface area contributed by atoms with Crippen LogP contribution in [0.15, 0.2) is 24.8 Å². The van der Waals surface area contributed by atoms with Crippen molar-refractivity contribution in [1.29, 1.82) is 0 Å². The van der Waals surface area contributed by atoms with E-state index in [0.29, 0.717) is 11.3 Å². The minimum Gasteiger partial charge on any atom is -0.322 e. The van der Waals surface area contributed by atoms with Gasteiger partial charge in [-0.15, -0.1) is 0 Å². The van der Waals surface area contributed by atoms with Gasteiger partial charge in [0.1, 0.15) is 5.82 Å². The van der Waals surface area contributed by atoms with Crippen LogP contribution in [0.4, 0.5) is 10.1 Å². The van der Waals surface area contributed by atoms with Gasteiger partial charge in [0.25, 0.3) is 0 Å². The first kappa shape index (κ1) is 10.4. The molecule has 0 saturated carbocycles. The summed E-state index contributed by atoms with van der Waals surface area (Å²) < 4.78 is 13.1. The van der Waals surface area contributed by atoms with Crippen LogP contribution in [0, 0.1) is 19.7 Å². The molecule has 0 bridgehead atoms. The molecule has 1 rings (SSSR count). The van der Waals surface area contributed by atoms with E-state index in [1.807, 2.05) is 6.92 Å². The van der Waals surface area contributed by atoms with Gasteiger partial charge < -0.3 is 5.32 Å². The second-order valence-corrected chi connectivity index (χ2v) is 3.06. The highest BCUT2D eigenvalue weighted by molar-refractivity contribution is 5.99. The summed E-state index contributed by atoms with van der Waals surface area (Å²) in [5, 5.41) is 2.57. The Bertz CT molecular complexity index is 385. The SMILES string of the molecule is C=CC(=O)Nc1c(C)ccc(F)c1C. The van der Waals surface area contributed by atoms with Gasteiger partial charge in [-0.25, -0.2) is 4.39 Å². The molecule has 3 heteroatoms. The number of hydrogen-bond acceptors (Lipinski definition) is 1. The van der Waals surface area contributed by atoms with Crippen molar-refractivity contribution >= 4 is 11.6 Å². The molecule has 1 aromatic rings. The molecule has 0 spiro atoms. The monoisotopic (exact) mass is 193 g/mol. The summed E-state index contributed by atoms with van der Waals surface area (Å²) in [6.07, 6.45) is 1.16. The number of benzene rings is 1. The van der Waals surface area contributed by atoms with Crippen LogP contribution in [0.3, 0.4) is 0 Å². The molecular weight excluding hydrogens is 181 g/mol. The van der Waals surface area contributed by atoms with E-state index < -0.39 is 0 Å². The van der Waals surface area contributed by atoms with E-state index in [1.165, 1.54) is 6.07 Å². The fraction of sp³-hybridized carbons (Fsp3) is 0.182. The summed E-state index contributed by atoms with van der Waals surface area (Å²) in [5.41, 5.74) is 1.80. The molecule has 1 amide bonds. The second kappa shape index (κ2) is 4.05. The summed E-state index contributed by atoms with van der Waals surface area (Å²) in [7, 11) is 0. The fourth-order valence-corrected chi connectivity index (χ4v) is 1.19. The van der Waals surface area contributed by atoms with Crippen molar-refractivity contribution in [2.24, 2.45) is 0 Å². The van der Waals surface area contributed by atoms with Crippen molar-refractivity contribution in [1.82, 2.24) is 0 Å². The topological polar surface area (TPSA) is 29.1 Å². The Kier molecular flexibility index (Phi) is 3.02. The van der Waals surface area contributed by atoms with Gasteiger partial charge in [0.2, 0.25) is 5.91 Å². The van der Waals surface area contributed by atoms with Crippen molar-refractivity contribution in [2.45, 2.75) is 13.8 Å². The molecule has 0 aromatic heterocycles. The minimum atomic E-state index is -0.332. The number of nitrogens with one attached hydrogen (secondary N) is 1. The lowest BCUT2D eigenvalue weighted by Crippen LogP contribution is -2.10. The minimum absolute atomic E-state index is 0.324. The third-order valence-corrected chi connectivity index (χ3v) is 2.04. The number of amides is 1. The Hall–Kier alpha value is -1.64. The molecule has 0 fully saturated rings. The van der Waals surface area contributed by atoms with E-state index in [4.69, 9.17) is 0 Å². The van der Waals surface area contributed by atoms with Gasteiger partial charge in [0, 0.05) is 11.3 Å². The van der Waals surface area contributed by atoms with E-state index in [1.54, 1.807) is 13.0 Å². The number of anilines is 1. The number of rotatable bonds is 2. The van der Waals surface area contributed by atoms with Gasteiger partial charge in [-0.1, -0.05) is 12.6 Å². The molecule has 1 N–H and O–H groups in total. The molecule has 0 saturated heterocycles. The van der Waals surface area contributed by atoms with Gasteiger partial charge in [-0.2, -0.15) is 0 Å². The highest BCUT2D eigenvalue weighted by atomic mass is 19.1. The van der Waals surface area contributed by atoms with Gasteiger partial charge in [-0.3, -0.25) is 4.79 Å². The van der Waals surface area contributed by atoms with Crippen LogP contribution in [0.2, 0.25) is 0 Å². The Morgan fingerprint density at radius 2 is 2.14 bits per heavy atom.